The van der Waals surface area contributed by atoms with Crippen LogP contribution in [0.15, 0.2) is 6.07 Å². The van der Waals surface area contributed by atoms with E-state index in [-0.39, 0.29) is 18.8 Å². The molecule has 170 valence electrons. The summed E-state index contributed by atoms with van der Waals surface area (Å²) >= 11 is 0. The van der Waals surface area contributed by atoms with Crippen molar-refractivity contribution in [1.29, 1.82) is 0 Å². The quantitative estimate of drug-likeness (QED) is 0.536. The Labute approximate surface area is 184 Å². The minimum Gasteiger partial charge on any atom is -0.461 e. The summed E-state index contributed by atoms with van der Waals surface area (Å²) in [5.74, 6) is -0.516. The molecule has 3 heterocycles. The number of esters is 1. The van der Waals surface area contributed by atoms with Crippen molar-refractivity contribution in [2.45, 2.75) is 85.2 Å². The summed E-state index contributed by atoms with van der Waals surface area (Å²) in [5.41, 5.74) is 0.876. The summed E-state index contributed by atoms with van der Waals surface area (Å²) in [7, 11) is -0.636. The van der Waals surface area contributed by atoms with E-state index in [0.29, 0.717) is 18.7 Å². The highest BCUT2D eigenvalue weighted by Crippen LogP contribution is 2.37. The summed E-state index contributed by atoms with van der Waals surface area (Å²) in [6, 6.07) is 1.70. The topological polar surface area (TPSA) is 87.2 Å². The van der Waals surface area contributed by atoms with E-state index in [4.69, 9.17) is 18.8 Å². The van der Waals surface area contributed by atoms with Gasteiger partial charge in [0, 0.05) is 6.54 Å². The van der Waals surface area contributed by atoms with Crippen LogP contribution in [0.25, 0.3) is 0 Å². The lowest BCUT2D eigenvalue weighted by atomic mass is 9.74. The highest BCUT2D eigenvalue weighted by molar-refractivity contribution is 6.62. The minimum atomic E-state index is -0.636. The molecule has 1 amide bonds. The number of carbonyl (C=O) groups is 2. The zero-order valence-corrected chi connectivity index (χ0v) is 19.8. The highest BCUT2D eigenvalue weighted by Gasteiger charge is 2.52. The Hall–Kier alpha value is -2.13. The van der Waals surface area contributed by atoms with Crippen LogP contribution in [0.1, 0.15) is 77.1 Å². The molecule has 31 heavy (non-hydrogen) atoms. The summed E-state index contributed by atoms with van der Waals surface area (Å²) < 4.78 is 23.2. The number of amides is 1. The van der Waals surface area contributed by atoms with Gasteiger partial charge in [-0.05, 0) is 78.9 Å². The van der Waals surface area contributed by atoms with Crippen molar-refractivity contribution in [3.05, 3.63) is 23.0 Å². The molecule has 9 heteroatoms. The predicted octanol–water partition coefficient (Wildman–Crippen LogP) is 2.85. The SMILES string of the molecule is CCOC(=O)c1cc(B2OC(C)(C)C(C)(C)O2)c2c(n1)CN(C(=O)OC(C)(C)C)CC2. The van der Waals surface area contributed by atoms with Crippen LogP contribution in [0.5, 0.6) is 0 Å². The van der Waals surface area contributed by atoms with Gasteiger partial charge >= 0.3 is 19.2 Å². The van der Waals surface area contributed by atoms with Gasteiger partial charge in [-0.2, -0.15) is 0 Å². The summed E-state index contributed by atoms with van der Waals surface area (Å²) in [4.78, 5) is 31.2. The summed E-state index contributed by atoms with van der Waals surface area (Å²) in [6.07, 6.45) is 0.156. The smallest absolute Gasteiger partial charge is 0.461 e. The molecule has 0 atom stereocenters. The predicted molar refractivity (Wildman–Crippen MR) is 116 cm³/mol. The standard InChI is InChI=1S/C22H33BN2O6/c1-9-28-18(26)16-12-15(23-30-21(5,6)22(7,8)31-23)14-10-11-25(13-17(14)24-16)19(27)29-20(2,3)4/h12H,9-11,13H2,1-8H3. The van der Waals surface area contributed by atoms with Crippen LogP contribution in [0.3, 0.4) is 0 Å². The van der Waals surface area contributed by atoms with Crippen molar-refractivity contribution in [2.75, 3.05) is 13.2 Å². The van der Waals surface area contributed by atoms with E-state index in [0.717, 1.165) is 11.0 Å². The number of ether oxygens (including phenoxy) is 2. The number of hydrogen-bond donors (Lipinski definition) is 0. The summed E-state index contributed by atoms with van der Waals surface area (Å²) in [5, 5.41) is 0. The largest absolute Gasteiger partial charge is 0.495 e. The van der Waals surface area contributed by atoms with Crippen LogP contribution in [0.4, 0.5) is 4.79 Å². The van der Waals surface area contributed by atoms with Crippen molar-refractivity contribution in [2.24, 2.45) is 0 Å². The molecule has 3 rings (SSSR count). The second-order valence-corrected chi connectivity index (χ2v) is 9.98. The molecule has 0 aromatic carbocycles. The van der Waals surface area contributed by atoms with Gasteiger partial charge in [-0.3, -0.25) is 0 Å². The fraction of sp³-hybridized carbons (Fsp3) is 0.682. The first-order valence-electron chi connectivity index (χ1n) is 10.8. The van der Waals surface area contributed by atoms with Crippen LogP contribution in [0, 0.1) is 0 Å². The molecule has 2 aliphatic heterocycles. The van der Waals surface area contributed by atoms with E-state index >= 15 is 0 Å². The molecule has 2 aliphatic rings. The van der Waals surface area contributed by atoms with Crippen LogP contribution in [0.2, 0.25) is 0 Å². The Morgan fingerprint density at radius 1 is 1.19 bits per heavy atom. The number of pyridine rings is 1. The maximum Gasteiger partial charge on any atom is 0.495 e. The molecule has 0 unspecified atom stereocenters. The number of fused-ring (bicyclic) bond motifs is 1. The van der Waals surface area contributed by atoms with Crippen LogP contribution in [-0.2, 0) is 31.7 Å². The van der Waals surface area contributed by atoms with Gasteiger partial charge in [-0.25, -0.2) is 14.6 Å². The Bertz CT molecular complexity index is 861. The molecule has 1 fully saturated rings. The molecule has 1 aromatic rings. The maximum atomic E-state index is 12.6. The lowest BCUT2D eigenvalue weighted by Gasteiger charge is -2.32. The molecule has 0 radical (unpaired) electrons. The number of rotatable bonds is 3. The van der Waals surface area contributed by atoms with Gasteiger partial charge < -0.3 is 23.7 Å². The van der Waals surface area contributed by atoms with Gasteiger partial charge in [-0.15, -0.1) is 0 Å². The molecule has 0 saturated carbocycles. The van der Waals surface area contributed by atoms with Crippen LogP contribution in [-0.4, -0.2) is 59.0 Å². The molecule has 0 aliphatic carbocycles. The van der Waals surface area contributed by atoms with Gasteiger partial charge in [0.25, 0.3) is 0 Å². The van der Waals surface area contributed by atoms with Gasteiger partial charge in [0.2, 0.25) is 0 Å². The highest BCUT2D eigenvalue weighted by atomic mass is 16.7. The Kier molecular flexibility index (Phi) is 6.14. The van der Waals surface area contributed by atoms with E-state index in [1.807, 2.05) is 48.5 Å². The van der Waals surface area contributed by atoms with Crippen molar-refractivity contribution in [1.82, 2.24) is 9.88 Å². The van der Waals surface area contributed by atoms with E-state index in [2.05, 4.69) is 4.98 Å². The van der Waals surface area contributed by atoms with Gasteiger partial charge in [0.1, 0.15) is 11.3 Å². The number of aromatic nitrogens is 1. The third-order valence-corrected chi connectivity index (χ3v) is 5.86. The van der Waals surface area contributed by atoms with E-state index in [1.165, 1.54) is 0 Å². The zero-order valence-electron chi connectivity index (χ0n) is 19.8. The van der Waals surface area contributed by atoms with Gasteiger partial charge in [-0.1, -0.05) is 0 Å². The van der Waals surface area contributed by atoms with Crippen molar-refractivity contribution in [3.63, 3.8) is 0 Å². The molecule has 0 spiro atoms. The molecule has 8 nitrogen and oxygen atoms in total. The zero-order chi connectivity index (χ0) is 23.2. The van der Waals surface area contributed by atoms with Crippen LogP contribution >= 0.6 is 0 Å². The Morgan fingerprint density at radius 2 is 1.81 bits per heavy atom. The number of nitrogens with zero attached hydrogens (tertiary/aromatic N) is 2. The third kappa shape index (κ3) is 4.87. The molecular weight excluding hydrogens is 399 g/mol. The number of carbonyl (C=O) groups excluding carboxylic acids is 2. The molecule has 0 N–H and O–H groups in total. The normalized spacial score (nSPS) is 19.7. The minimum absolute atomic E-state index is 0.177. The van der Waals surface area contributed by atoms with Crippen molar-refractivity contribution >= 4 is 24.6 Å². The third-order valence-electron chi connectivity index (χ3n) is 5.86. The first-order chi connectivity index (χ1) is 14.2. The van der Waals surface area contributed by atoms with Crippen molar-refractivity contribution in [3.8, 4) is 0 Å². The number of hydrogen-bond acceptors (Lipinski definition) is 7. The fourth-order valence-electron chi connectivity index (χ4n) is 3.54. The maximum absolute atomic E-state index is 12.6. The second-order valence-electron chi connectivity index (χ2n) is 9.98. The molecule has 1 aromatic heterocycles. The van der Waals surface area contributed by atoms with Gasteiger partial charge in [0.15, 0.2) is 0 Å². The monoisotopic (exact) mass is 432 g/mol. The second kappa shape index (κ2) is 8.09. The first-order valence-corrected chi connectivity index (χ1v) is 10.8. The lowest BCUT2D eigenvalue weighted by Crippen LogP contribution is -2.45. The van der Waals surface area contributed by atoms with Gasteiger partial charge in [0.05, 0.1) is 30.0 Å². The van der Waals surface area contributed by atoms with Crippen LogP contribution < -0.4 is 5.46 Å². The van der Waals surface area contributed by atoms with E-state index < -0.39 is 36.0 Å². The molecular formula is C22H33BN2O6. The van der Waals surface area contributed by atoms with E-state index in [9.17, 15) is 9.59 Å². The Balaban J connectivity index is 1.98. The molecule has 0 bridgehead atoms. The summed E-state index contributed by atoms with van der Waals surface area (Å²) in [6.45, 7) is 16.1. The fourth-order valence-corrected chi connectivity index (χ4v) is 3.54. The molecule has 1 saturated heterocycles. The van der Waals surface area contributed by atoms with Crippen molar-refractivity contribution < 1.29 is 28.4 Å². The Morgan fingerprint density at radius 3 is 2.35 bits per heavy atom. The average molecular weight is 432 g/mol. The first kappa shape index (κ1) is 23.5. The van der Waals surface area contributed by atoms with E-state index in [1.54, 1.807) is 17.9 Å². The lowest BCUT2D eigenvalue weighted by molar-refractivity contribution is 0.00578. The average Bonchev–Trinajstić information content (AvgIpc) is 2.86.